The summed E-state index contributed by atoms with van der Waals surface area (Å²) in [6.07, 6.45) is 2.31. The van der Waals surface area contributed by atoms with E-state index in [4.69, 9.17) is 15.2 Å². The van der Waals surface area contributed by atoms with E-state index in [9.17, 15) is 9.59 Å². The number of nitrogens with two attached hydrogens (primary N) is 1. The van der Waals surface area contributed by atoms with Gasteiger partial charge in [0.1, 0.15) is 0 Å². The Bertz CT molecular complexity index is 412. The first-order valence-electron chi connectivity index (χ1n) is 8.20. The van der Waals surface area contributed by atoms with Gasteiger partial charge < -0.3 is 25.4 Å². The van der Waals surface area contributed by atoms with Gasteiger partial charge in [-0.05, 0) is 33.1 Å². The minimum Gasteiger partial charge on any atom is -0.466 e. The lowest BCUT2D eigenvalue weighted by Gasteiger charge is -2.31. The number of hydrogen-bond acceptors (Lipinski definition) is 5. The van der Waals surface area contributed by atoms with Gasteiger partial charge in [0.15, 0.2) is 5.96 Å². The standard InChI is InChI=1S/C15H28N4O4.HI/c1-3-22-13(20)6-5-9-17-14(16)18-12-7-10-19(11-8-12)15(21)23-4-2;/h12H,3-11H2,1-2H3,(H3,16,17,18);1H. The SMILES string of the molecule is CCOC(=O)CCCN=C(N)NC1CCN(C(=O)OCC)CC1.I. The average molecular weight is 456 g/mol. The fraction of sp³-hybridized carbons (Fsp3) is 0.800. The van der Waals surface area contributed by atoms with Crippen molar-refractivity contribution < 1.29 is 19.1 Å². The van der Waals surface area contributed by atoms with Crippen LogP contribution in [0.4, 0.5) is 4.79 Å². The predicted molar refractivity (Wildman–Crippen MR) is 103 cm³/mol. The normalized spacial score (nSPS) is 15.4. The molecule has 1 heterocycles. The third-order valence-corrected chi connectivity index (χ3v) is 3.50. The molecule has 0 unspecified atom stereocenters. The monoisotopic (exact) mass is 456 g/mol. The van der Waals surface area contributed by atoms with Crippen LogP contribution in [0.2, 0.25) is 0 Å². The number of rotatable bonds is 7. The van der Waals surface area contributed by atoms with Crippen LogP contribution < -0.4 is 11.1 Å². The molecule has 1 aliphatic heterocycles. The summed E-state index contributed by atoms with van der Waals surface area (Å²) in [5, 5.41) is 3.16. The van der Waals surface area contributed by atoms with Crippen molar-refractivity contribution in [1.29, 1.82) is 0 Å². The van der Waals surface area contributed by atoms with Crippen molar-refractivity contribution >= 4 is 42.0 Å². The number of carbonyl (C=O) groups is 2. The Morgan fingerprint density at radius 2 is 1.83 bits per heavy atom. The molecule has 0 radical (unpaired) electrons. The van der Waals surface area contributed by atoms with E-state index >= 15 is 0 Å². The van der Waals surface area contributed by atoms with Crippen LogP contribution in [0, 0.1) is 0 Å². The zero-order valence-electron chi connectivity index (χ0n) is 14.5. The summed E-state index contributed by atoms with van der Waals surface area (Å²) in [5.41, 5.74) is 5.84. The highest BCUT2D eigenvalue weighted by molar-refractivity contribution is 14.0. The fourth-order valence-corrected chi connectivity index (χ4v) is 2.33. The van der Waals surface area contributed by atoms with Crippen LogP contribution >= 0.6 is 24.0 Å². The predicted octanol–water partition coefficient (Wildman–Crippen LogP) is 1.47. The van der Waals surface area contributed by atoms with Gasteiger partial charge in [0.2, 0.25) is 0 Å². The molecule has 9 heteroatoms. The van der Waals surface area contributed by atoms with Crippen LogP contribution in [0.3, 0.4) is 0 Å². The first-order chi connectivity index (χ1) is 11.1. The molecule has 0 aliphatic carbocycles. The molecular weight excluding hydrogens is 427 g/mol. The molecule has 0 saturated carbocycles. The Balaban J connectivity index is 0.00000529. The van der Waals surface area contributed by atoms with E-state index in [2.05, 4.69) is 10.3 Å². The van der Waals surface area contributed by atoms with E-state index < -0.39 is 0 Å². The highest BCUT2D eigenvalue weighted by Gasteiger charge is 2.23. The van der Waals surface area contributed by atoms with Crippen molar-refractivity contribution in [3.8, 4) is 0 Å². The summed E-state index contributed by atoms with van der Waals surface area (Å²) >= 11 is 0. The number of aliphatic imine (C=N–C) groups is 1. The van der Waals surface area contributed by atoms with Gasteiger partial charge in [-0.25, -0.2) is 4.79 Å². The number of guanidine groups is 1. The number of likely N-dealkylation sites (tertiary alicyclic amines) is 1. The summed E-state index contributed by atoms with van der Waals surface area (Å²) < 4.78 is 9.82. The smallest absolute Gasteiger partial charge is 0.409 e. The highest BCUT2D eigenvalue weighted by atomic mass is 127. The maximum atomic E-state index is 11.6. The van der Waals surface area contributed by atoms with Gasteiger partial charge in [-0.2, -0.15) is 0 Å². The second-order valence-electron chi connectivity index (χ2n) is 5.28. The zero-order chi connectivity index (χ0) is 17.1. The van der Waals surface area contributed by atoms with E-state index in [-0.39, 0.29) is 42.1 Å². The quantitative estimate of drug-likeness (QED) is 0.198. The van der Waals surface area contributed by atoms with Crippen LogP contribution in [0.5, 0.6) is 0 Å². The lowest BCUT2D eigenvalue weighted by molar-refractivity contribution is -0.143. The van der Waals surface area contributed by atoms with Gasteiger partial charge in [-0.15, -0.1) is 24.0 Å². The molecule has 8 nitrogen and oxygen atoms in total. The van der Waals surface area contributed by atoms with Gasteiger partial charge in [-0.3, -0.25) is 9.79 Å². The lowest BCUT2D eigenvalue weighted by atomic mass is 10.1. The molecular formula is C15H29IN4O4. The number of nitrogens with zero attached hydrogens (tertiary/aromatic N) is 2. The van der Waals surface area contributed by atoms with Gasteiger partial charge in [0, 0.05) is 32.1 Å². The molecule has 1 rings (SSSR count). The number of amides is 1. The van der Waals surface area contributed by atoms with E-state index in [1.54, 1.807) is 18.7 Å². The fourth-order valence-electron chi connectivity index (χ4n) is 2.33. The number of carbonyl (C=O) groups excluding carboxylic acids is 2. The molecule has 24 heavy (non-hydrogen) atoms. The summed E-state index contributed by atoms with van der Waals surface area (Å²) in [5.74, 6) is 0.170. The topological polar surface area (TPSA) is 106 Å². The minimum atomic E-state index is -0.258. The molecule has 3 N–H and O–H groups in total. The highest BCUT2D eigenvalue weighted by Crippen LogP contribution is 2.11. The molecule has 1 amide bonds. The van der Waals surface area contributed by atoms with Crippen LogP contribution in [0.15, 0.2) is 4.99 Å². The number of nitrogens with one attached hydrogen (secondary N) is 1. The van der Waals surface area contributed by atoms with E-state index in [1.165, 1.54) is 0 Å². The molecule has 1 saturated heterocycles. The van der Waals surface area contributed by atoms with Crippen molar-refractivity contribution in [1.82, 2.24) is 10.2 Å². The zero-order valence-corrected chi connectivity index (χ0v) is 16.8. The Labute approximate surface area is 160 Å². The Morgan fingerprint density at radius 1 is 1.21 bits per heavy atom. The van der Waals surface area contributed by atoms with E-state index in [1.807, 2.05) is 0 Å². The molecule has 0 aromatic heterocycles. The Kier molecular flexibility index (Phi) is 12.4. The summed E-state index contributed by atoms with van der Waals surface area (Å²) in [6, 6.07) is 0.203. The molecule has 0 atom stereocenters. The van der Waals surface area contributed by atoms with Crippen molar-refractivity contribution in [3.05, 3.63) is 0 Å². The third-order valence-electron chi connectivity index (χ3n) is 3.50. The largest absolute Gasteiger partial charge is 0.466 e. The van der Waals surface area contributed by atoms with Crippen LogP contribution in [0.1, 0.15) is 39.5 Å². The maximum absolute atomic E-state index is 11.6. The maximum Gasteiger partial charge on any atom is 0.409 e. The second-order valence-corrected chi connectivity index (χ2v) is 5.28. The summed E-state index contributed by atoms with van der Waals surface area (Å²) in [4.78, 5) is 28.7. The number of esters is 1. The second kappa shape index (κ2) is 13.1. The lowest BCUT2D eigenvalue weighted by Crippen LogP contribution is -2.48. The molecule has 140 valence electrons. The average Bonchev–Trinajstić information content (AvgIpc) is 2.53. The molecule has 0 aromatic rings. The van der Waals surface area contributed by atoms with Crippen molar-refractivity contribution in [2.45, 2.75) is 45.6 Å². The van der Waals surface area contributed by atoms with Crippen LogP contribution in [-0.4, -0.2) is 61.8 Å². The number of halogens is 1. The van der Waals surface area contributed by atoms with Crippen LogP contribution in [-0.2, 0) is 14.3 Å². The number of hydrogen-bond donors (Lipinski definition) is 2. The molecule has 0 bridgehead atoms. The van der Waals surface area contributed by atoms with Crippen molar-refractivity contribution in [3.63, 3.8) is 0 Å². The Morgan fingerprint density at radius 3 is 2.42 bits per heavy atom. The summed E-state index contributed by atoms with van der Waals surface area (Å²) in [6.45, 7) is 6.15. The van der Waals surface area contributed by atoms with E-state index in [0.29, 0.717) is 51.6 Å². The van der Waals surface area contributed by atoms with Gasteiger partial charge in [-0.1, -0.05) is 0 Å². The molecule has 1 fully saturated rings. The number of piperidine rings is 1. The third kappa shape index (κ3) is 9.14. The summed E-state index contributed by atoms with van der Waals surface area (Å²) in [7, 11) is 0. The van der Waals surface area contributed by atoms with Crippen molar-refractivity contribution in [2.75, 3.05) is 32.8 Å². The first kappa shape index (κ1) is 22.7. The van der Waals surface area contributed by atoms with Gasteiger partial charge in [0.25, 0.3) is 0 Å². The van der Waals surface area contributed by atoms with E-state index in [0.717, 1.165) is 12.8 Å². The Hall–Kier alpha value is -1.26. The minimum absolute atomic E-state index is 0. The molecule has 0 aromatic carbocycles. The molecule has 0 spiro atoms. The van der Waals surface area contributed by atoms with Crippen molar-refractivity contribution in [2.24, 2.45) is 10.7 Å². The van der Waals surface area contributed by atoms with Gasteiger partial charge >= 0.3 is 12.1 Å². The van der Waals surface area contributed by atoms with Crippen LogP contribution in [0.25, 0.3) is 0 Å². The molecule has 1 aliphatic rings. The number of ether oxygens (including phenoxy) is 2. The van der Waals surface area contributed by atoms with Gasteiger partial charge in [0.05, 0.1) is 13.2 Å². The first-order valence-corrected chi connectivity index (χ1v) is 8.20.